The van der Waals surface area contributed by atoms with Crippen molar-refractivity contribution in [3.05, 3.63) is 23.9 Å². The van der Waals surface area contributed by atoms with Gasteiger partial charge in [0.1, 0.15) is 5.56 Å². The zero-order valence-electron chi connectivity index (χ0n) is 10.2. The summed E-state index contributed by atoms with van der Waals surface area (Å²) in [7, 11) is 3.12. The molecule has 5 heteroatoms. The van der Waals surface area contributed by atoms with E-state index in [1.54, 1.807) is 32.3 Å². The monoisotopic (exact) mass is 233 g/mol. The minimum absolute atomic E-state index is 0.197. The predicted octanol–water partition coefficient (Wildman–Crippen LogP) is 1.32. The molecule has 0 bridgehead atoms. The maximum atomic E-state index is 12.1. The summed E-state index contributed by atoms with van der Waals surface area (Å²) in [6.45, 7) is 2.15. The van der Waals surface area contributed by atoms with Gasteiger partial charge in [-0.2, -0.15) is 5.26 Å². The summed E-state index contributed by atoms with van der Waals surface area (Å²) in [5.41, 5.74) is 0.405. The Balaban J connectivity index is 2.86. The van der Waals surface area contributed by atoms with Crippen LogP contribution in [0.1, 0.15) is 17.3 Å². The van der Waals surface area contributed by atoms with Crippen LogP contribution in [0.5, 0.6) is 5.88 Å². The normalized spacial score (nSPS) is 11.4. The maximum absolute atomic E-state index is 12.1. The third-order valence-corrected chi connectivity index (χ3v) is 2.31. The van der Waals surface area contributed by atoms with Gasteiger partial charge in [0, 0.05) is 19.8 Å². The molecule has 1 aromatic rings. The average molecular weight is 233 g/mol. The second-order valence-electron chi connectivity index (χ2n) is 3.78. The third kappa shape index (κ3) is 3.18. The van der Waals surface area contributed by atoms with E-state index in [1.807, 2.05) is 0 Å². The molecule has 1 rings (SSSR count). The minimum atomic E-state index is -0.202. The highest BCUT2D eigenvalue weighted by Gasteiger charge is 2.18. The second-order valence-corrected chi connectivity index (χ2v) is 3.78. The Bertz CT molecular complexity index is 440. The molecule has 0 spiro atoms. The number of ether oxygens (including phenoxy) is 1. The van der Waals surface area contributed by atoms with E-state index in [0.717, 1.165) is 0 Å². The van der Waals surface area contributed by atoms with E-state index in [4.69, 9.17) is 10.00 Å². The summed E-state index contributed by atoms with van der Waals surface area (Å²) in [6, 6.07) is 5.42. The first-order chi connectivity index (χ1) is 8.10. The quantitative estimate of drug-likeness (QED) is 0.786. The lowest BCUT2D eigenvalue weighted by atomic mass is 10.2. The molecule has 0 fully saturated rings. The van der Waals surface area contributed by atoms with Gasteiger partial charge in [0.2, 0.25) is 5.88 Å². The Kier molecular flexibility index (Phi) is 4.46. The van der Waals surface area contributed by atoms with E-state index in [-0.39, 0.29) is 11.8 Å². The first-order valence-corrected chi connectivity index (χ1v) is 5.24. The van der Waals surface area contributed by atoms with Crippen LogP contribution in [0.4, 0.5) is 0 Å². The van der Waals surface area contributed by atoms with Crippen LogP contribution in [0, 0.1) is 17.2 Å². The Morgan fingerprint density at radius 1 is 1.71 bits per heavy atom. The van der Waals surface area contributed by atoms with E-state index in [0.29, 0.717) is 18.0 Å². The summed E-state index contributed by atoms with van der Waals surface area (Å²) >= 11 is 0. The number of nitriles is 1. The summed E-state index contributed by atoms with van der Waals surface area (Å²) in [4.78, 5) is 17.5. The fourth-order valence-electron chi connectivity index (χ4n) is 1.46. The summed E-state index contributed by atoms with van der Waals surface area (Å²) in [5, 5.41) is 8.71. The van der Waals surface area contributed by atoms with Crippen molar-refractivity contribution in [1.29, 1.82) is 5.26 Å². The molecule has 0 aliphatic rings. The van der Waals surface area contributed by atoms with Crippen LogP contribution < -0.4 is 4.74 Å². The Morgan fingerprint density at radius 3 is 3.00 bits per heavy atom. The molecule has 0 aliphatic carbocycles. The van der Waals surface area contributed by atoms with Gasteiger partial charge >= 0.3 is 0 Å². The van der Waals surface area contributed by atoms with Gasteiger partial charge in [0.15, 0.2) is 0 Å². The van der Waals surface area contributed by atoms with E-state index in [2.05, 4.69) is 11.1 Å². The van der Waals surface area contributed by atoms with Crippen LogP contribution in [-0.2, 0) is 0 Å². The van der Waals surface area contributed by atoms with Crippen molar-refractivity contribution in [3.8, 4) is 11.9 Å². The van der Waals surface area contributed by atoms with Crippen molar-refractivity contribution in [2.75, 3.05) is 20.7 Å². The van der Waals surface area contributed by atoms with Gasteiger partial charge in [-0.1, -0.05) is 0 Å². The molecule has 0 radical (unpaired) electrons. The Morgan fingerprint density at radius 2 is 2.41 bits per heavy atom. The smallest absolute Gasteiger partial charge is 0.259 e. The standard InChI is InChI=1S/C12H15N3O2/c1-9(7-13)8-15(2)12(16)10-5-4-6-14-11(10)17-3/h4-6,9H,8H2,1-3H3. The van der Waals surface area contributed by atoms with Crippen molar-refractivity contribution in [2.45, 2.75) is 6.92 Å². The summed E-state index contributed by atoms with van der Waals surface area (Å²) in [5.74, 6) is -0.0994. The molecule has 1 heterocycles. The van der Waals surface area contributed by atoms with Crippen LogP contribution in [0.15, 0.2) is 18.3 Å². The molecule has 0 saturated heterocycles. The Labute approximate surface area is 101 Å². The number of hydrogen-bond donors (Lipinski definition) is 0. The van der Waals surface area contributed by atoms with Gasteiger partial charge in [0.05, 0.1) is 19.1 Å². The Hall–Kier alpha value is -2.09. The van der Waals surface area contributed by atoms with Gasteiger partial charge in [0.25, 0.3) is 5.91 Å². The number of carbonyl (C=O) groups is 1. The fraction of sp³-hybridized carbons (Fsp3) is 0.417. The van der Waals surface area contributed by atoms with Gasteiger partial charge in [-0.3, -0.25) is 4.79 Å². The maximum Gasteiger partial charge on any atom is 0.259 e. The number of hydrogen-bond acceptors (Lipinski definition) is 4. The van der Waals surface area contributed by atoms with Crippen LogP contribution in [-0.4, -0.2) is 36.5 Å². The number of methoxy groups -OCH3 is 1. The lowest BCUT2D eigenvalue weighted by Gasteiger charge is -2.18. The highest BCUT2D eigenvalue weighted by molar-refractivity contribution is 5.96. The highest BCUT2D eigenvalue weighted by Crippen LogP contribution is 2.15. The third-order valence-electron chi connectivity index (χ3n) is 2.31. The number of amides is 1. The molecule has 90 valence electrons. The lowest BCUT2D eigenvalue weighted by molar-refractivity contribution is 0.0781. The largest absolute Gasteiger partial charge is 0.480 e. The SMILES string of the molecule is COc1ncccc1C(=O)N(C)CC(C)C#N. The molecule has 1 aromatic heterocycles. The van der Waals surface area contributed by atoms with Crippen molar-refractivity contribution in [1.82, 2.24) is 9.88 Å². The molecule has 1 amide bonds. The average Bonchev–Trinajstić information content (AvgIpc) is 2.37. The lowest BCUT2D eigenvalue weighted by Crippen LogP contribution is -2.31. The van der Waals surface area contributed by atoms with E-state index >= 15 is 0 Å². The van der Waals surface area contributed by atoms with Gasteiger partial charge in [-0.15, -0.1) is 0 Å². The van der Waals surface area contributed by atoms with E-state index < -0.39 is 0 Å². The molecule has 0 aliphatic heterocycles. The summed E-state index contributed by atoms with van der Waals surface area (Å²) < 4.78 is 5.02. The van der Waals surface area contributed by atoms with Crippen LogP contribution in [0.25, 0.3) is 0 Å². The molecule has 17 heavy (non-hydrogen) atoms. The van der Waals surface area contributed by atoms with Crippen molar-refractivity contribution in [2.24, 2.45) is 5.92 Å². The number of nitrogens with zero attached hydrogens (tertiary/aromatic N) is 3. The van der Waals surface area contributed by atoms with Gasteiger partial charge in [-0.05, 0) is 19.1 Å². The first kappa shape index (κ1) is 13.0. The first-order valence-electron chi connectivity index (χ1n) is 5.24. The number of aromatic nitrogens is 1. The molecule has 1 atom stereocenters. The zero-order valence-corrected chi connectivity index (χ0v) is 10.2. The molecule has 5 nitrogen and oxygen atoms in total. The molecular formula is C12H15N3O2. The molecular weight excluding hydrogens is 218 g/mol. The van der Waals surface area contributed by atoms with E-state index in [1.165, 1.54) is 12.0 Å². The number of rotatable bonds is 4. The molecule has 0 saturated carbocycles. The second kappa shape index (κ2) is 5.85. The zero-order chi connectivity index (χ0) is 12.8. The summed E-state index contributed by atoms with van der Waals surface area (Å²) in [6.07, 6.45) is 1.56. The number of pyridine rings is 1. The van der Waals surface area contributed by atoms with Gasteiger partial charge < -0.3 is 9.64 Å². The van der Waals surface area contributed by atoms with Crippen LogP contribution in [0.3, 0.4) is 0 Å². The highest BCUT2D eigenvalue weighted by atomic mass is 16.5. The predicted molar refractivity (Wildman–Crippen MR) is 62.5 cm³/mol. The van der Waals surface area contributed by atoms with Crippen LogP contribution in [0.2, 0.25) is 0 Å². The number of carbonyl (C=O) groups excluding carboxylic acids is 1. The van der Waals surface area contributed by atoms with Crippen molar-refractivity contribution < 1.29 is 9.53 Å². The topological polar surface area (TPSA) is 66.2 Å². The molecule has 0 N–H and O–H groups in total. The molecule has 0 aromatic carbocycles. The van der Waals surface area contributed by atoms with E-state index in [9.17, 15) is 4.79 Å². The van der Waals surface area contributed by atoms with Crippen molar-refractivity contribution >= 4 is 5.91 Å². The fourth-order valence-corrected chi connectivity index (χ4v) is 1.46. The minimum Gasteiger partial charge on any atom is -0.480 e. The molecule has 1 unspecified atom stereocenters. The van der Waals surface area contributed by atoms with Crippen LogP contribution >= 0.6 is 0 Å². The van der Waals surface area contributed by atoms with Gasteiger partial charge in [-0.25, -0.2) is 4.98 Å². The van der Waals surface area contributed by atoms with Crippen molar-refractivity contribution in [3.63, 3.8) is 0 Å².